The fourth-order valence-corrected chi connectivity index (χ4v) is 2.08. The maximum atomic E-state index is 11.8. The molecule has 0 aliphatic carbocycles. The van der Waals surface area contributed by atoms with Crippen molar-refractivity contribution >= 4 is 17.3 Å². The van der Waals surface area contributed by atoms with E-state index in [1.165, 1.54) is 0 Å². The lowest BCUT2D eigenvalue weighted by Crippen LogP contribution is -2.33. The highest BCUT2D eigenvalue weighted by atomic mass is 16.6. The highest BCUT2D eigenvalue weighted by Gasteiger charge is 2.16. The van der Waals surface area contributed by atoms with Gasteiger partial charge in [-0.05, 0) is 44.9 Å². The molecular weight excluding hydrogens is 278 g/mol. The molecule has 2 aromatic rings. The zero-order valence-electron chi connectivity index (χ0n) is 13.6. The van der Waals surface area contributed by atoms with Crippen LogP contribution in [0.1, 0.15) is 39.8 Å². The summed E-state index contributed by atoms with van der Waals surface area (Å²) in [6.07, 6.45) is 6.45. The second-order valence-electron chi connectivity index (χ2n) is 6.09. The van der Waals surface area contributed by atoms with E-state index in [1.807, 2.05) is 55.8 Å². The Kier molecular flexibility index (Phi) is 4.85. The van der Waals surface area contributed by atoms with Gasteiger partial charge in [-0.2, -0.15) is 0 Å². The average molecular weight is 301 g/mol. The van der Waals surface area contributed by atoms with Crippen molar-refractivity contribution in [2.24, 2.45) is 0 Å². The highest BCUT2D eigenvalue weighted by Crippen LogP contribution is 2.15. The number of carbonyl (C=O) groups is 1. The van der Waals surface area contributed by atoms with E-state index in [4.69, 9.17) is 4.74 Å². The fraction of sp³-hybridized carbons (Fsp3) is 0.412. The zero-order valence-corrected chi connectivity index (χ0v) is 13.6. The summed E-state index contributed by atoms with van der Waals surface area (Å²) < 4.78 is 7.22. The third-order valence-electron chi connectivity index (χ3n) is 2.97. The summed E-state index contributed by atoms with van der Waals surface area (Å²) >= 11 is 0. The first-order chi connectivity index (χ1) is 10.4. The number of hydrogen-bond acceptors (Lipinski definition) is 3. The van der Waals surface area contributed by atoms with Gasteiger partial charge in [0.15, 0.2) is 0 Å². The molecule has 118 valence electrons. The first kappa shape index (κ1) is 16.1. The molecule has 0 aromatic carbocycles. The van der Waals surface area contributed by atoms with E-state index in [9.17, 15) is 4.79 Å². The van der Waals surface area contributed by atoms with Crippen LogP contribution in [-0.2, 0) is 4.74 Å². The van der Waals surface area contributed by atoms with E-state index >= 15 is 0 Å². The predicted octanol–water partition coefficient (Wildman–Crippen LogP) is 3.65. The molecule has 22 heavy (non-hydrogen) atoms. The number of hydrogen-bond donors (Lipinski definition) is 1. The number of nitrogens with one attached hydrogen (secondary N) is 1. The zero-order chi connectivity index (χ0) is 16.2. The molecule has 5 nitrogen and oxygen atoms in total. The van der Waals surface area contributed by atoms with E-state index in [0.29, 0.717) is 6.54 Å². The summed E-state index contributed by atoms with van der Waals surface area (Å²) in [4.78, 5) is 16.4. The molecule has 0 aliphatic rings. The standard InChI is InChI=1S/C17H23N3O2/c1-5-8-13(11-18-16(21)22-17(2,3)4)14-12-20-10-7-6-9-15(20)19-14/h6-10,12H,5,11H2,1-4H3,(H,18,21)/b13-8+. The van der Waals surface area contributed by atoms with Crippen LogP contribution in [0.5, 0.6) is 0 Å². The summed E-state index contributed by atoms with van der Waals surface area (Å²) in [7, 11) is 0. The number of pyridine rings is 1. The molecule has 0 unspecified atom stereocenters. The van der Waals surface area contributed by atoms with Gasteiger partial charge in [-0.25, -0.2) is 9.78 Å². The molecule has 1 N–H and O–H groups in total. The molecule has 0 saturated heterocycles. The molecule has 2 heterocycles. The number of amides is 1. The van der Waals surface area contributed by atoms with Gasteiger partial charge < -0.3 is 14.5 Å². The third-order valence-corrected chi connectivity index (χ3v) is 2.97. The van der Waals surface area contributed by atoms with Gasteiger partial charge in [0.05, 0.1) is 5.69 Å². The number of allylic oxidation sites excluding steroid dienone is 1. The number of ether oxygens (including phenoxy) is 1. The molecule has 5 heteroatoms. The van der Waals surface area contributed by atoms with Crippen molar-refractivity contribution < 1.29 is 9.53 Å². The van der Waals surface area contributed by atoms with Crippen LogP contribution in [0.4, 0.5) is 4.79 Å². The van der Waals surface area contributed by atoms with Crippen molar-refractivity contribution in [3.05, 3.63) is 42.4 Å². The number of fused-ring (bicyclic) bond motifs is 1. The van der Waals surface area contributed by atoms with Gasteiger partial charge in [0.2, 0.25) is 0 Å². The van der Waals surface area contributed by atoms with E-state index in [1.54, 1.807) is 0 Å². The van der Waals surface area contributed by atoms with E-state index in [-0.39, 0.29) is 0 Å². The van der Waals surface area contributed by atoms with Crippen LogP contribution >= 0.6 is 0 Å². The van der Waals surface area contributed by atoms with Crippen LogP contribution in [-0.4, -0.2) is 27.6 Å². The number of aromatic nitrogens is 2. The average Bonchev–Trinajstić information content (AvgIpc) is 2.85. The van der Waals surface area contributed by atoms with E-state index in [0.717, 1.165) is 23.3 Å². The first-order valence-corrected chi connectivity index (χ1v) is 7.49. The molecule has 2 aromatic heterocycles. The Morgan fingerprint density at radius 2 is 2.18 bits per heavy atom. The monoisotopic (exact) mass is 301 g/mol. The Balaban J connectivity index is 2.10. The summed E-state index contributed by atoms with van der Waals surface area (Å²) in [5.74, 6) is 0. The fourth-order valence-electron chi connectivity index (χ4n) is 2.08. The Morgan fingerprint density at radius 1 is 1.41 bits per heavy atom. The second kappa shape index (κ2) is 6.64. The largest absolute Gasteiger partial charge is 0.444 e. The van der Waals surface area contributed by atoms with Crippen LogP contribution in [0.2, 0.25) is 0 Å². The SMILES string of the molecule is CC/C=C(\CNC(=O)OC(C)(C)C)c1cn2ccccc2n1. The second-order valence-corrected chi connectivity index (χ2v) is 6.09. The number of rotatable bonds is 4. The van der Waals surface area contributed by atoms with Crippen LogP contribution in [0.3, 0.4) is 0 Å². The molecule has 0 atom stereocenters. The Labute approximate surface area is 131 Å². The summed E-state index contributed by atoms with van der Waals surface area (Å²) in [6.45, 7) is 7.99. The predicted molar refractivity (Wildman–Crippen MR) is 87.7 cm³/mol. The van der Waals surface area contributed by atoms with Gasteiger partial charge in [0.25, 0.3) is 0 Å². The van der Waals surface area contributed by atoms with Crippen LogP contribution in [0.15, 0.2) is 36.7 Å². The van der Waals surface area contributed by atoms with Crippen molar-refractivity contribution in [2.45, 2.75) is 39.7 Å². The number of carbonyl (C=O) groups excluding carboxylic acids is 1. The van der Waals surface area contributed by atoms with Crippen LogP contribution in [0.25, 0.3) is 11.2 Å². The lowest BCUT2D eigenvalue weighted by molar-refractivity contribution is 0.0535. The summed E-state index contributed by atoms with van der Waals surface area (Å²) in [5, 5.41) is 2.79. The normalized spacial score (nSPS) is 12.5. The first-order valence-electron chi connectivity index (χ1n) is 7.49. The molecule has 1 amide bonds. The molecule has 0 saturated carbocycles. The molecule has 0 spiro atoms. The van der Waals surface area contributed by atoms with Crippen molar-refractivity contribution in [1.29, 1.82) is 0 Å². The van der Waals surface area contributed by atoms with Gasteiger partial charge in [-0.3, -0.25) is 0 Å². The quantitative estimate of drug-likeness (QED) is 0.937. The molecule has 2 rings (SSSR count). The minimum atomic E-state index is -0.498. The lowest BCUT2D eigenvalue weighted by atomic mass is 10.1. The summed E-state index contributed by atoms with van der Waals surface area (Å²) in [5.41, 5.74) is 2.24. The van der Waals surface area contributed by atoms with Crippen molar-refractivity contribution in [2.75, 3.05) is 6.54 Å². The molecular formula is C17H23N3O2. The molecule has 0 fully saturated rings. The third kappa shape index (κ3) is 4.35. The van der Waals surface area contributed by atoms with E-state index in [2.05, 4.69) is 23.3 Å². The lowest BCUT2D eigenvalue weighted by Gasteiger charge is -2.19. The van der Waals surface area contributed by atoms with Gasteiger partial charge >= 0.3 is 6.09 Å². The maximum Gasteiger partial charge on any atom is 0.407 e. The van der Waals surface area contributed by atoms with Crippen LogP contribution in [0, 0.1) is 0 Å². The van der Waals surface area contributed by atoms with Gasteiger partial charge in [-0.1, -0.05) is 19.1 Å². The van der Waals surface area contributed by atoms with Crippen molar-refractivity contribution in [3.63, 3.8) is 0 Å². The number of alkyl carbamates (subject to hydrolysis) is 1. The smallest absolute Gasteiger partial charge is 0.407 e. The number of nitrogens with zero attached hydrogens (tertiary/aromatic N) is 2. The summed E-state index contributed by atoms with van der Waals surface area (Å²) in [6, 6.07) is 5.86. The molecule has 0 bridgehead atoms. The van der Waals surface area contributed by atoms with E-state index < -0.39 is 11.7 Å². The Bertz CT molecular complexity index is 648. The highest BCUT2D eigenvalue weighted by molar-refractivity contribution is 5.73. The minimum Gasteiger partial charge on any atom is -0.444 e. The van der Waals surface area contributed by atoms with Crippen LogP contribution < -0.4 is 5.32 Å². The van der Waals surface area contributed by atoms with Crippen molar-refractivity contribution in [1.82, 2.24) is 14.7 Å². The maximum absolute atomic E-state index is 11.8. The number of imidazole rings is 1. The van der Waals surface area contributed by atoms with Gasteiger partial charge in [0, 0.05) is 18.9 Å². The minimum absolute atomic E-state index is 0.395. The van der Waals surface area contributed by atoms with Gasteiger partial charge in [-0.15, -0.1) is 0 Å². The topological polar surface area (TPSA) is 55.6 Å². The Morgan fingerprint density at radius 3 is 2.82 bits per heavy atom. The molecule has 0 aliphatic heterocycles. The Hall–Kier alpha value is -2.30. The van der Waals surface area contributed by atoms with Crippen molar-refractivity contribution in [3.8, 4) is 0 Å². The molecule has 0 radical (unpaired) electrons. The van der Waals surface area contributed by atoms with Gasteiger partial charge in [0.1, 0.15) is 11.2 Å².